The molecule has 14 heteroatoms. The van der Waals surface area contributed by atoms with E-state index in [-0.39, 0.29) is 18.9 Å². The van der Waals surface area contributed by atoms with E-state index in [1.807, 2.05) is 6.08 Å². The molecule has 0 saturated carbocycles. The van der Waals surface area contributed by atoms with Crippen molar-refractivity contribution in [2.45, 2.75) is 203 Å². The molecule has 12 unspecified atom stereocenters. The standard InChI is InChI=1S/C46H79NO13/c1-3-5-7-9-11-13-15-16-17-18-20-22-24-26-28-30-38(51)47-34(35(50)29-27-25-23-21-19-14-12-10-8-6-4-2)33-57-45-43(56)41(54)44(37(32-49)59-45)60-46-42(55)40(53)39(52)36(31-48)58-46/h5,7,11,13,16-17,19,21,27,29,34-37,39-46,48-50,52-56H,3-4,6,8-10,12,14-15,18,20,22-26,28,30-33H2,1-2H3,(H,47,51)/b7-5-,13-11-,17-16-,21-19+,29-27+. The van der Waals surface area contributed by atoms with Crippen LogP contribution in [0.4, 0.5) is 0 Å². The number of amides is 1. The lowest BCUT2D eigenvalue weighted by Crippen LogP contribution is -2.65. The summed E-state index contributed by atoms with van der Waals surface area (Å²) >= 11 is 0. The van der Waals surface area contributed by atoms with E-state index in [1.165, 1.54) is 32.1 Å². The van der Waals surface area contributed by atoms with E-state index in [9.17, 15) is 45.6 Å². The van der Waals surface area contributed by atoms with E-state index in [0.717, 1.165) is 64.2 Å². The first kappa shape index (κ1) is 53.8. The Balaban J connectivity index is 1.92. The number of ether oxygens (including phenoxy) is 4. The lowest BCUT2D eigenvalue weighted by Gasteiger charge is -2.46. The van der Waals surface area contributed by atoms with Crippen LogP contribution in [-0.2, 0) is 23.7 Å². The summed E-state index contributed by atoms with van der Waals surface area (Å²) in [7, 11) is 0. The predicted octanol–water partition coefficient (Wildman–Crippen LogP) is 4.32. The molecule has 1 amide bonds. The van der Waals surface area contributed by atoms with Gasteiger partial charge in [-0.1, -0.05) is 120 Å². The number of aliphatic hydroxyl groups is 8. The summed E-state index contributed by atoms with van der Waals surface area (Å²) in [6.07, 6.45) is 21.3. The average molecular weight is 854 g/mol. The van der Waals surface area contributed by atoms with Crippen LogP contribution in [-0.4, -0.2) is 140 Å². The number of hydrogen-bond acceptors (Lipinski definition) is 13. The number of allylic oxidation sites excluding steroid dienone is 9. The highest BCUT2D eigenvalue weighted by Crippen LogP contribution is 2.30. The first-order valence-corrected chi connectivity index (χ1v) is 22.5. The van der Waals surface area contributed by atoms with Crippen LogP contribution in [0.25, 0.3) is 0 Å². The summed E-state index contributed by atoms with van der Waals surface area (Å²) in [5, 5.41) is 86.3. The minimum absolute atomic E-state index is 0.251. The van der Waals surface area contributed by atoms with Crippen LogP contribution in [0.2, 0.25) is 0 Å². The molecular weight excluding hydrogens is 774 g/mol. The Bertz CT molecular complexity index is 1240. The molecule has 2 fully saturated rings. The Morgan fingerprint density at radius 2 is 1.17 bits per heavy atom. The van der Waals surface area contributed by atoms with Crippen LogP contribution < -0.4 is 5.32 Å². The number of unbranched alkanes of at least 4 members (excludes halogenated alkanes) is 11. The zero-order valence-corrected chi connectivity index (χ0v) is 36.2. The second kappa shape index (κ2) is 33.3. The summed E-state index contributed by atoms with van der Waals surface area (Å²) in [6.45, 7) is 2.57. The van der Waals surface area contributed by atoms with E-state index in [0.29, 0.717) is 12.8 Å². The topological polar surface area (TPSA) is 228 Å². The van der Waals surface area contributed by atoms with Crippen molar-refractivity contribution in [1.29, 1.82) is 0 Å². The Hall–Kier alpha value is -2.31. The molecule has 0 aromatic heterocycles. The molecule has 2 heterocycles. The first-order valence-electron chi connectivity index (χ1n) is 22.5. The Morgan fingerprint density at radius 1 is 0.617 bits per heavy atom. The van der Waals surface area contributed by atoms with Crippen molar-refractivity contribution < 1.29 is 64.6 Å². The zero-order valence-electron chi connectivity index (χ0n) is 36.2. The molecule has 9 N–H and O–H groups in total. The molecule has 2 aliphatic rings. The monoisotopic (exact) mass is 854 g/mol. The van der Waals surface area contributed by atoms with Crippen molar-refractivity contribution in [1.82, 2.24) is 5.32 Å². The SMILES string of the molecule is CC/C=C\C/C=C\C/C=C\CCCCCCCC(=O)NC(COC1OC(CO)C(OC2OC(CO)C(O)C(O)C2O)C(O)C1O)C(O)/C=C/CC/C=C/CCCCCCC. The highest BCUT2D eigenvalue weighted by molar-refractivity contribution is 5.76. The van der Waals surface area contributed by atoms with E-state index >= 15 is 0 Å². The van der Waals surface area contributed by atoms with Crippen LogP contribution in [0, 0.1) is 0 Å². The minimum atomic E-state index is -1.79. The van der Waals surface area contributed by atoms with Crippen LogP contribution in [0.1, 0.15) is 129 Å². The van der Waals surface area contributed by atoms with Crippen LogP contribution in [0.15, 0.2) is 60.8 Å². The van der Waals surface area contributed by atoms with Gasteiger partial charge in [-0.05, 0) is 64.2 Å². The van der Waals surface area contributed by atoms with Crippen molar-refractivity contribution in [2.75, 3.05) is 19.8 Å². The fourth-order valence-electron chi connectivity index (χ4n) is 6.96. The van der Waals surface area contributed by atoms with Gasteiger partial charge in [-0.25, -0.2) is 0 Å². The third kappa shape index (κ3) is 21.2. The highest BCUT2D eigenvalue weighted by atomic mass is 16.7. The molecule has 0 bridgehead atoms. The molecule has 0 spiro atoms. The second-order valence-electron chi connectivity index (χ2n) is 15.8. The van der Waals surface area contributed by atoms with Gasteiger partial charge < -0.3 is 65.1 Å². The summed E-state index contributed by atoms with van der Waals surface area (Å²) in [4.78, 5) is 13.1. The van der Waals surface area contributed by atoms with E-state index in [1.54, 1.807) is 6.08 Å². The number of rotatable bonds is 32. The number of carbonyl (C=O) groups excluding carboxylic acids is 1. The average Bonchev–Trinajstić information content (AvgIpc) is 3.24. The Morgan fingerprint density at radius 3 is 1.83 bits per heavy atom. The van der Waals surface area contributed by atoms with Gasteiger partial charge in [-0.2, -0.15) is 0 Å². The number of nitrogens with one attached hydrogen (secondary N) is 1. The van der Waals surface area contributed by atoms with Crippen LogP contribution >= 0.6 is 0 Å². The maximum absolute atomic E-state index is 13.1. The van der Waals surface area contributed by atoms with Crippen LogP contribution in [0.3, 0.4) is 0 Å². The third-order valence-electron chi connectivity index (χ3n) is 10.7. The van der Waals surface area contributed by atoms with Gasteiger partial charge in [0.05, 0.1) is 32.0 Å². The normalized spacial score (nSPS) is 28.8. The maximum Gasteiger partial charge on any atom is 0.220 e. The molecule has 0 aromatic carbocycles. The van der Waals surface area contributed by atoms with Crippen molar-refractivity contribution >= 4 is 5.91 Å². The summed E-state index contributed by atoms with van der Waals surface area (Å²) in [5.74, 6) is -0.273. The quantitative estimate of drug-likeness (QED) is 0.0340. The lowest BCUT2D eigenvalue weighted by molar-refractivity contribution is -0.359. The third-order valence-corrected chi connectivity index (χ3v) is 10.7. The second-order valence-corrected chi connectivity index (χ2v) is 15.8. The minimum Gasteiger partial charge on any atom is -0.394 e. The molecule has 0 aliphatic carbocycles. The van der Waals surface area contributed by atoms with Crippen molar-refractivity contribution in [3.63, 3.8) is 0 Å². The molecule has 60 heavy (non-hydrogen) atoms. The van der Waals surface area contributed by atoms with Gasteiger partial charge in [-0.3, -0.25) is 4.79 Å². The highest BCUT2D eigenvalue weighted by Gasteiger charge is 2.50. The van der Waals surface area contributed by atoms with Crippen LogP contribution in [0.5, 0.6) is 0 Å². The number of carbonyl (C=O) groups is 1. The van der Waals surface area contributed by atoms with Crippen molar-refractivity contribution in [3.8, 4) is 0 Å². The van der Waals surface area contributed by atoms with E-state index < -0.39 is 86.8 Å². The molecule has 346 valence electrons. The zero-order chi connectivity index (χ0) is 44.0. The van der Waals surface area contributed by atoms with E-state index in [4.69, 9.17) is 18.9 Å². The van der Waals surface area contributed by atoms with Crippen molar-refractivity contribution in [3.05, 3.63) is 60.8 Å². The van der Waals surface area contributed by atoms with Gasteiger partial charge in [0.25, 0.3) is 0 Å². The fraction of sp³-hybridized carbons (Fsp3) is 0.761. The molecule has 2 saturated heterocycles. The molecule has 0 radical (unpaired) electrons. The molecular formula is C46H79NO13. The summed E-state index contributed by atoms with van der Waals surface area (Å²) in [6, 6.07) is -0.939. The van der Waals surface area contributed by atoms with Gasteiger partial charge >= 0.3 is 0 Å². The van der Waals surface area contributed by atoms with Gasteiger partial charge in [0, 0.05) is 6.42 Å². The van der Waals surface area contributed by atoms with Gasteiger partial charge in [0.15, 0.2) is 12.6 Å². The summed E-state index contributed by atoms with van der Waals surface area (Å²) < 4.78 is 22.6. The van der Waals surface area contributed by atoms with Gasteiger partial charge in [0.2, 0.25) is 5.91 Å². The van der Waals surface area contributed by atoms with E-state index in [2.05, 4.69) is 67.8 Å². The number of hydrogen-bond donors (Lipinski definition) is 9. The Labute approximate surface area is 358 Å². The Kier molecular flexibility index (Phi) is 29.9. The molecule has 14 nitrogen and oxygen atoms in total. The largest absolute Gasteiger partial charge is 0.394 e. The van der Waals surface area contributed by atoms with Crippen molar-refractivity contribution in [2.24, 2.45) is 0 Å². The molecule has 2 rings (SSSR count). The first-order chi connectivity index (χ1) is 29.1. The lowest BCUT2D eigenvalue weighted by atomic mass is 9.97. The molecule has 0 aromatic rings. The molecule has 12 atom stereocenters. The van der Waals surface area contributed by atoms with Gasteiger partial charge in [0.1, 0.15) is 48.8 Å². The molecule has 2 aliphatic heterocycles. The number of aliphatic hydroxyl groups excluding tert-OH is 8. The smallest absolute Gasteiger partial charge is 0.220 e. The predicted molar refractivity (Wildman–Crippen MR) is 230 cm³/mol. The fourth-order valence-corrected chi connectivity index (χ4v) is 6.96. The van der Waals surface area contributed by atoms with Gasteiger partial charge in [-0.15, -0.1) is 0 Å². The summed E-state index contributed by atoms with van der Waals surface area (Å²) in [5.41, 5.74) is 0. The maximum atomic E-state index is 13.1.